The van der Waals surface area contributed by atoms with Crippen molar-refractivity contribution in [3.8, 4) is 6.07 Å². The molecule has 0 aromatic heterocycles. The van der Waals surface area contributed by atoms with Crippen LogP contribution in [0.15, 0.2) is 18.2 Å². The number of hydrogen-bond donors (Lipinski definition) is 1. The van der Waals surface area contributed by atoms with Crippen LogP contribution in [0.5, 0.6) is 0 Å². The molecule has 1 N–H and O–H groups in total. The molecular weight excluding hydrogens is 518 g/mol. The number of likely N-dealkylation sites (tertiary alicyclic amines) is 1. The van der Waals surface area contributed by atoms with Crippen LogP contribution in [0.2, 0.25) is 0 Å². The van der Waals surface area contributed by atoms with Gasteiger partial charge in [0.05, 0.1) is 23.5 Å². The second-order valence-corrected chi connectivity index (χ2v) is 11.5. The zero-order valence-corrected chi connectivity index (χ0v) is 20.7. The lowest BCUT2D eigenvalue weighted by molar-refractivity contribution is -0.142. The first-order valence-corrected chi connectivity index (χ1v) is 13.4. The van der Waals surface area contributed by atoms with E-state index in [1.807, 2.05) is 6.07 Å². The van der Waals surface area contributed by atoms with E-state index in [2.05, 4.69) is 5.32 Å². The molecule has 0 radical (unpaired) electrons. The molecule has 3 saturated heterocycles. The molecule has 9 nitrogen and oxygen atoms in total. The van der Waals surface area contributed by atoms with E-state index in [0.717, 1.165) is 12.1 Å². The molecule has 14 heteroatoms. The first-order chi connectivity index (χ1) is 17.4. The number of alkyl halides is 3. The van der Waals surface area contributed by atoms with Crippen LogP contribution < -0.4 is 5.32 Å². The van der Waals surface area contributed by atoms with Crippen LogP contribution in [0, 0.1) is 29.0 Å². The Balaban J connectivity index is 1.36. The Morgan fingerprint density at radius 1 is 1.08 bits per heavy atom. The van der Waals surface area contributed by atoms with Gasteiger partial charge in [0.25, 0.3) is 10.2 Å². The number of nitriles is 1. The van der Waals surface area contributed by atoms with Crippen molar-refractivity contribution in [2.24, 2.45) is 11.8 Å². The molecule has 0 bridgehead atoms. The third-order valence-electron chi connectivity index (χ3n) is 7.09. The monoisotopic (exact) mass is 545 g/mol. The standard InChI is InChI=1S/C23H27F4N5O4S/c24-19-9-18(23(25,26)27)6-5-16(19)11-29-21(33)20-4-2-8-32(20)22(34)17-3-1-7-30(14-17)37(35,36)31-12-15(10-28)13-31/h5-6,9,15,17,20H,1-4,7-8,11-14H2,(H,29,33)/t17?,20-/m1/s1. The van der Waals surface area contributed by atoms with E-state index < -0.39 is 45.6 Å². The largest absolute Gasteiger partial charge is 0.416 e. The van der Waals surface area contributed by atoms with E-state index >= 15 is 0 Å². The first kappa shape index (κ1) is 27.3. The molecule has 2 atom stereocenters. The van der Waals surface area contributed by atoms with Gasteiger partial charge in [-0.05, 0) is 37.8 Å². The lowest BCUT2D eigenvalue weighted by atomic mass is 9.97. The number of piperidine rings is 1. The molecule has 202 valence electrons. The van der Waals surface area contributed by atoms with Gasteiger partial charge >= 0.3 is 6.18 Å². The number of carbonyl (C=O) groups excluding carboxylic acids is 2. The molecule has 0 saturated carbocycles. The number of rotatable bonds is 6. The molecule has 3 fully saturated rings. The van der Waals surface area contributed by atoms with Gasteiger partial charge in [0.2, 0.25) is 11.8 Å². The fourth-order valence-corrected chi connectivity index (χ4v) is 6.72. The summed E-state index contributed by atoms with van der Waals surface area (Å²) in [6.45, 7) is 0.476. The van der Waals surface area contributed by atoms with Gasteiger partial charge < -0.3 is 10.2 Å². The second kappa shape index (κ2) is 10.5. The lowest BCUT2D eigenvalue weighted by Gasteiger charge is -2.41. The smallest absolute Gasteiger partial charge is 0.350 e. The van der Waals surface area contributed by atoms with Gasteiger partial charge in [-0.25, -0.2) is 4.39 Å². The number of nitrogens with one attached hydrogen (secondary N) is 1. The fourth-order valence-electron chi connectivity index (χ4n) is 4.93. The molecule has 37 heavy (non-hydrogen) atoms. The SMILES string of the molecule is N#CC1CN(S(=O)(=O)N2CCCC(C(=O)N3CCC[C@@H]3C(=O)NCc3ccc(C(F)(F)F)cc3F)C2)C1. The van der Waals surface area contributed by atoms with E-state index in [9.17, 15) is 35.6 Å². The summed E-state index contributed by atoms with van der Waals surface area (Å²) in [7, 11) is -3.78. The molecule has 4 rings (SSSR count). The summed E-state index contributed by atoms with van der Waals surface area (Å²) in [4.78, 5) is 27.5. The van der Waals surface area contributed by atoms with Crippen LogP contribution in [0.25, 0.3) is 0 Å². The number of carbonyl (C=O) groups is 2. The van der Waals surface area contributed by atoms with Gasteiger partial charge in [0, 0.05) is 44.8 Å². The summed E-state index contributed by atoms with van der Waals surface area (Å²) in [5.74, 6) is -2.94. The molecule has 0 aliphatic carbocycles. The van der Waals surface area contributed by atoms with Crippen LogP contribution in [0.3, 0.4) is 0 Å². The lowest BCUT2D eigenvalue weighted by Crippen LogP contribution is -2.57. The van der Waals surface area contributed by atoms with Crippen molar-refractivity contribution in [2.75, 3.05) is 32.7 Å². The van der Waals surface area contributed by atoms with Crippen LogP contribution >= 0.6 is 0 Å². The van der Waals surface area contributed by atoms with Crippen molar-refractivity contribution in [3.05, 3.63) is 35.1 Å². The highest BCUT2D eigenvalue weighted by atomic mass is 32.2. The maximum atomic E-state index is 14.1. The fraction of sp³-hybridized carbons (Fsp3) is 0.609. The van der Waals surface area contributed by atoms with Gasteiger partial charge in [-0.1, -0.05) is 6.07 Å². The molecule has 1 aromatic carbocycles. The molecule has 1 unspecified atom stereocenters. The van der Waals surface area contributed by atoms with Crippen LogP contribution in [-0.2, 0) is 32.5 Å². The summed E-state index contributed by atoms with van der Waals surface area (Å²) >= 11 is 0. The molecule has 3 heterocycles. The highest BCUT2D eigenvalue weighted by Crippen LogP contribution is 2.31. The third-order valence-corrected chi connectivity index (χ3v) is 9.02. The Labute approximate surface area is 212 Å². The topological polar surface area (TPSA) is 114 Å². The van der Waals surface area contributed by atoms with Crippen LogP contribution in [-0.4, -0.2) is 72.5 Å². The molecule has 0 spiro atoms. The van der Waals surface area contributed by atoms with Gasteiger partial charge in [-0.2, -0.15) is 35.5 Å². The number of benzene rings is 1. The first-order valence-electron chi connectivity index (χ1n) is 12.0. The average Bonchev–Trinajstić information content (AvgIpc) is 3.31. The normalized spacial score (nSPS) is 23.9. The average molecular weight is 546 g/mol. The third kappa shape index (κ3) is 5.73. The number of amides is 2. The second-order valence-electron chi connectivity index (χ2n) is 9.56. The minimum absolute atomic E-state index is 0.0174. The minimum Gasteiger partial charge on any atom is -0.350 e. The molecular formula is C23H27F4N5O4S. The van der Waals surface area contributed by atoms with Crippen LogP contribution in [0.4, 0.5) is 17.6 Å². The van der Waals surface area contributed by atoms with E-state index in [4.69, 9.17) is 5.26 Å². The zero-order chi connectivity index (χ0) is 27.0. The molecule has 3 aliphatic heterocycles. The van der Waals surface area contributed by atoms with Crippen molar-refractivity contribution >= 4 is 22.0 Å². The number of hydrogen-bond acceptors (Lipinski definition) is 5. The van der Waals surface area contributed by atoms with E-state index in [1.165, 1.54) is 13.5 Å². The van der Waals surface area contributed by atoms with Crippen molar-refractivity contribution in [1.82, 2.24) is 18.8 Å². The van der Waals surface area contributed by atoms with E-state index in [0.29, 0.717) is 38.3 Å². The van der Waals surface area contributed by atoms with Crippen molar-refractivity contribution in [3.63, 3.8) is 0 Å². The van der Waals surface area contributed by atoms with E-state index in [-0.39, 0.29) is 50.1 Å². The van der Waals surface area contributed by atoms with Gasteiger partial charge in [0.15, 0.2) is 0 Å². The molecule has 2 amide bonds. The Morgan fingerprint density at radius 3 is 2.43 bits per heavy atom. The van der Waals surface area contributed by atoms with Crippen molar-refractivity contribution in [1.29, 1.82) is 5.26 Å². The Bertz CT molecular complexity index is 1200. The number of nitrogens with zero attached hydrogens (tertiary/aromatic N) is 4. The number of halogens is 4. The molecule has 1 aromatic rings. The van der Waals surface area contributed by atoms with Crippen molar-refractivity contribution < 1.29 is 35.6 Å². The summed E-state index contributed by atoms with van der Waals surface area (Å²) in [5, 5.41) is 11.4. The Kier molecular flexibility index (Phi) is 7.77. The van der Waals surface area contributed by atoms with E-state index in [1.54, 1.807) is 0 Å². The molecule has 3 aliphatic rings. The predicted octanol–water partition coefficient (Wildman–Crippen LogP) is 1.86. The Morgan fingerprint density at radius 2 is 1.78 bits per heavy atom. The van der Waals surface area contributed by atoms with Crippen molar-refractivity contribution in [2.45, 2.75) is 44.4 Å². The summed E-state index contributed by atoms with van der Waals surface area (Å²) in [6, 6.07) is 3.27. The minimum atomic E-state index is -4.68. The predicted molar refractivity (Wildman–Crippen MR) is 122 cm³/mol. The summed E-state index contributed by atoms with van der Waals surface area (Å²) < 4.78 is 80.6. The van der Waals surface area contributed by atoms with Gasteiger partial charge in [-0.15, -0.1) is 0 Å². The zero-order valence-electron chi connectivity index (χ0n) is 19.9. The van der Waals surface area contributed by atoms with Gasteiger partial charge in [-0.3, -0.25) is 9.59 Å². The summed E-state index contributed by atoms with van der Waals surface area (Å²) in [6.07, 6.45) is -2.83. The highest BCUT2D eigenvalue weighted by molar-refractivity contribution is 7.86. The maximum Gasteiger partial charge on any atom is 0.416 e. The van der Waals surface area contributed by atoms with Crippen LogP contribution in [0.1, 0.15) is 36.8 Å². The maximum absolute atomic E-state index is 14.1. The quantitative estimate of drug-likeness (QED) is 0.549. The Hall–Kier alpha value is -2.76. The van der Waals surface area contributed by atoms with Gasteiger partial charge in [0.1, 0.15) is 11.9 Å². The summed E-state index contributed by atoms with van der Waals surface area (Å²) in [5.41, 5.74) is -1.25. The highest BCUT2D eigenvalue weighted by Gasteiger charge is 2.44.